The maximum atomic E-state index is 12.6. The SMILES string of the molecule is CCc1[nH]nc(C(=O)N(CC)c2ccc(C)cc2)c1N. The second-order valence-corrected chi connectivity index (χ2v) is 4.70. The molecule has 1 amide bonds. The van der Waals surface area contributed by atoms with E-state index >= 15 is 0 Å². The molecule has 0 spiro atoms. The topological polar surface area (TPSA) is 75.0 Å². The summed E-state index contributed by atoms with van der Waals surface area (Å²) >= 11 is 0. The van der Waals surface area contributed by atoms with Gasteiger partial charge in [0.15, 0.2) is 5.69 Å². The van der Waals surface area contributed by atoms with Gasteiger partial charge in [-0.2, -0.15) is 5.10 Å². The largest absolute Gasteiger partial charge is 0.395 e. The van der Waals surface area contributed by atoms with Crippen LogP contribution in [0.25, 0.3) is 0 Å². The molecular weight excluding hydrogens is 252 g/mol. The van der Waals surface area contributed by atoms with Gasteiger partial charge in [0.05, 0.1) is 11.4 Å². The number of benzene rings is 1. The fourth-order valence-electron chi connectivity index (χ4n) is 2.12. The van der Waals surface area contributed by atoms with Crippen LogP contribution in [0.15, 0.2) is 24.3 Å². The zero-order valence-corrected chi connectivity index (χ0v) is 12.1. The van der Waals surface area contributed by atoms with Crippen LogP contribution in [-0.4, -0.2) is 22.6 Å². The van der Waals surface area contributed by atoms with E-state index in [4.69, 9.17) is 5.73 Å². The van der Waals surface area contributed by atoms with Gasteiger partial charge in [-0.15, -0.1) is 0 Å². The van der Waals surface area contributed by atoms with Crippen LogP contribution in [0, 0.1) is 6.92 Å². The minimum absolute atomic E-state index is 0.176. The molecule has 1 aromatic heterocycles. The molecule has 0 aliphatic carbocycles. The predicted molar refractivity (Wildman–Crippen MR) is 80.9 cm³/mol. The summed E-state index contributed by atoms with van der Waals surface area (Å²) in [4.78, 5) is 14.2. The second-order valence-electron chi connectivity index (χ2n) is 4.70. The number of rotatable bonds is 4. The fourth-order valence-corrected chi connectivity index (χ4v) is 2.12. The maximum Gasteiger partial charge on any atom is 0.280 e. The first-order chi connectivity index (χ1) is 9.58. The molecule has 0 atom stereocenters. The van der Waals surface area contributed by atoms with Gasteiger partial charge in [0.2, 0.25) is 0 Å². The van der Waals surface area contributed by atoms with Crippen molar-refractivity contribution in [2.75, 3.05) is 17.2 Å². The van der Waals surface area contributed by atoms with Crippen molar-refractivity contribution in [3.63, 3.8) is 0 Å². The Labute approximate surface area is 118 Å². The highest BCUT2D eigenvalue weighted by Crippen LogP contribution is 2.21. The minimum atomic E-state index is -0.176. The van der Waals surface area contributed by atoms with Gasteiger partial charge in [0, 0.05) is 12.2 Å². The number of carbonyl (C=O) groups excluding carboxylic acids is 1. The summed E-state index contributed by atoms with van der Waals surface area (Å²) in [7, 11) is 0. The number of amides is 1. The smallest absolute Gasteiger partial charge is 0.280 e. The first-order valence-electron chi connectivity index (χ1n) is 6.79. The molecule has 0 saturated heterocycles. The number of hydrogen-bond acceptors (Lipinski definition) is 3. The number of nitrogens with one attached hydrogen (secondary N) is 1. The highest BCUT2D eigenvalue weighted by atomic mass is 16.2. The third-order valence-electron chi connectivity index (χ3n) is 3.35. The lowest BCUT2D eigenvalue weighted by atomic mass is 10.2. The fraction of sp³-hybridized carbons (Fsp3) is 0.333. The highest BCUT2D eigenvalue weighted by molar-refractivity contribution is 6.08. The highest BCUT2D eigenvalue weighted by Gasteiger charge is 2.22. The van der Waals surface area contributed by atoms with Crippen molar-refractivity contribution in [3.05, 3.63) is 41.2 Å². The van der Waals surface area contributed by atoms with Crippen LogP contribution >= 0.6 is 0 Å². The zero-order chi connectivity index (χ0) is 14.7. The molecule has 0 fully saturated rings. The third-order valence-corrected chi connectivity index (χ3v) is 3.35. The Balaban J connectivity index is 2.33. The number of H-pyrrole nitrogens is 1. The molecule has 1 aromatic carbocycles. The number of anilines is 2. The Morgan fingerprint density at radius 3 is 2.45 bits per heavy atom. The lowest BCUT2D eigenvalue weighted by molar-refractivity contribution is 0.0984. The molecule has 20 heavy (non-hydrogen) atoms. The van der Waals surface area contributed by atoms with Crippen LogP contribution in [0.4, 0.5) is 11.4 Å². The Morgan fingerprint density at radius 1 is 1.30 bits per heavy atom. The van der Waals surface area contributed by atoms with Gasteiger partial charge >= 0.3 is 0 Å². The van der Waals surface area contributed by atoms with Crippen molar-refractivity contribution in [1.82, 2.24) is 10.2 Å². The minimum Gasteiger partial charge on any atom is -0.395 e. The van der Waals surface area contributed by atoms with Crippen molar-refractivity contribution in [2.24, 2.45) is 0 Å². The molecule has 1 heterocycles. The van der Waals surface area contributed by atoms with Crippen LogP contribution in [0.1, 0.15) is 35.6 Å². The predicted octanol–water partition coefficient (Wildman–Crippen LogP) is 2.53. The van der Waals surface area contributed by atoms with Gasteiger partial charge in [-0.25, -0.2) is 0 Å². The summed E-state index contributed by atoms with van der Waals surface area (Å²) in [6.07, 6.45) is 0.725. The van der Waals surface area contributed by atoms with E-state index in [1.54, 1.807) is 4.90 Å². The van der Waals surface area contributed by atoms with Gasteiger partial charge in [0.25, 0.3) is 5.91 Å². The summed E-state index contributed by atoms with van der Waals surface area (Å²) in [5.74, 6) is -0.176. The monoisotopic (exact) mass is 272 g/mol. The number of nitrogen functional groups attached to an aromatic ring is 1. The molecule has 0 aliphatic rings. The Hall–Kier alpha value is -2.30. The number of carbonyl (C=O) groups is 1. The summed E-state index contributed by atoms with van der Waals surface area (Å²) in [5.41, 5.74) is 9.52. The number of aryl methyl sites for hydroxylation is 2. The number of aromatic amines is 1. The lowest BCUT2D eigenvalue weighted by Crippen LogP contribution is -2.31. The lowest BCUT2D eigenvalue weighted by Gasteiger charge is -2.20. The Kier molecular flexibility index (Phi) is 4.08. The van der Waals surface area contributed by atoms with Crippen LogP contribution < -0.4 is 10.6 Å². The average molecular weight is 272 g/mol. The van der Waals surface area contributed by atoms with Crippen LogP contribution in [0.3, 0.4) is 0 Å². The van der Waals surface area contributed by atoms with Crippen molar-refractivity contribution in [3.8, 4) is 0 Å². The van der Waals surface area contributed by atoms with Crippen LogP contribution in [0.2, 0.25) is 0 Å². The summed E-state index contributed by atoms with van der Waals surface area (Å²) in [6.45, 7) is 6.48. The molecule has 106 valence electrons. The van der Waals surface area contributed by atoms with Gasteiger partial charge in [-0.05, 0) is 32.4 Å². The molecule has 0 bridgehead atoms. The standard InChI is InChI=1S/C15H20N4O/c1-4-12-13(16)14(18-17-12)15(20)19(5-2)11-8-6-10(3)7-9-11/h6-9H,4-5,16H2,1-3H3,(H,17,18). The number of nitrogens with two attached hydrogens (primary N) is 1. The summed E-state index contributed by atoms with van der Waals surface area (Å²) in [6, 6.07) is 7.83. The Morgan fingerprint density at radius 2 is 1.95 bits per heavy atom. The van der Waals surface area contributed by atoms with E-state index in [9.17, 15) is 4.79 Å². The molecule has 0 saturated carbocycles. The average Bonchev–Trinajstić information content (AvgIpc) is 2.82. The van der Waals surface area contributed by atoms with Gasteiger partial charge in [-0.3, -0.25) is 9.89 Å². The number of nitrogens with zero attached hydrogens (tertiary/aromatic N) is 2. The van der Waals surface area contributed by atoms with Gasteiger partial charge in [-0.1, -0.05) is 24.6 Å². The summed E-state index contributed by atoms with van der Waals surface area (Å²) < 4.78 is 0. The van der Waals surface area contributed by atoms with Crippen molar-refractivity contribution >= 4 is 17.3 Å². The molecular formula is C15H20N4O. The van der Waals surface area contributed by atoms with Crippen LogP contribution in [0.5, 0.6) is 0 Å². The molecule has 0 radical (unpaired) electrons. The first-order valence-corrected chi connectivity index (χ1v) is 6.79. The van der Waals surface area contributed by atoms with E-state index in [1.807, 2.05) is 45.0 Å². The molecule has 0 aliphatic heterocycles. The first kappa shape index (κ1) is 14.1. The second kappa shape index (κ2) is 5.77. The molecule has 2 aromatic rings. The molecule has 5 nitrogen and oxygen atoms in total. The van der Waals surface area contributed by atoms with E-state index in [-0.39, 0.29) is 5.91 Å². The van der Waals surface area contributed by atoms with Crippen molar-refractivity contribution < 1.29 is 4.79 Å². The van der Waals surface area contributed by atoms with Crippen molar-refractivity contribution in [2.45, 2.75) is 27.2 Å². The molecule has 2 rings (SSSR count). The number of aromatic nitrogens is 2. The molecule has 5 heteroatoms. The van der Waals surface area contributed by atoms with E-state index < -0.39 is 0 Å². The zero-order valence-electron chi connectivity index (χ0n) is 12.1. The quantitative estimate of drug-likeness (QED) is 0.898. The normalized spacial score (nSPS) is 10.6. The Bertz CT molecular complexity index is 601. The van der Waals surface area contributed by atoms with Crippen molar-refractivity contribution in [1.29, 1.82) is 0 Å². The van der Waals surface area contributed by atoms with Crippen LogP contribution in [-0.2, 0) is 6.42 Å². The molecule has 3 N–H and O–H groups in total. The van der Waals surface area contributed by atoms with E-state index in [0.717, 1.165) is 23.4 Å². The van der Waals surface area contributed by atoms with Gasteiger partial charge in [0.1, 0.15) is 0 Å². The number of hydrogen-bond donors (Lipinski definition) is 2. The van der Waals surface area contributed by atoms with E-state index in [2.05, 4.69) is 10.2 Å². The van der Waals surface area contributed by atoms with E-state index in [1.165, 1.54) is 0 Å². The van der Waals surface area contributed by atoms with E-state index in [0.29, 0.717) is 17.9 Å². The summed E-state index contributed by atoms with van der Waals surface area (Å²) in [5, 5.41) is 6.88. The van der Waals surface area contributed by atoms with Gasteiger partial charge < -0.3 is 10.6 Å². The molecule has 0 unspecified atom stereocenters. The maximum absolute atomic E-state index is 12.6. The third kappa shape index (κ3) is 2.52.